The number of aliphatic carboxylic acids is 1. The molecule has 0 saturated carbocycles. The van der Waals surface area contributed by atoms with E-state index in [2.05, 4.69) is 0 Å². The van der Waals surface area contributed by atoms with Gasteiger partial charge in [-0.25, -0.2) is 4.79 Å². The predicted octanol–water partition coefficient (Wildman–Crippen LogP) is 1.49. The minimum atomic E-state index is -0.854. The van der Waals surface area contributed by atoms with Gasteiger partial charge in [-0.2, -0.15) is 11.8 Å². The summed E-state index contributed by atoms with van der Waals surface area (Å²) in [5.41, 5.74) is 5.96. The minimum Gasteiger partial charge on any atom is -0.478 e. The summed E-state index contributed by atoms with van der Waals surface area (Å²) < 4.78 is 0. The third-order valence-corrected chi connectivity index (χ3v) is 2.67. The Hall–Kier alpha value is -0.480. The summed E-state index contributed by atoms with van der Waals surface area (Å²) >= 11 is 1.64. The van der Waals surface area contributed by atoms with Crippen molar-refractivity contribution < 1.29 is 9.90 Å². The number of rotatable bonds is 5. The van der Waals surface area contributed by atoms with Crippen molar-refractivity contribution in [2.24, 2.45) is 5.73 Å². The van der Waals surface area contributed by atoms with Gasteiger partial charge in [0.2, 0.25) is 0 Å². The number of hydrogen-bond donors (Lipinski definition) is 2. The Morgan fingerprint density at radius 3 is 2.54 bits per heavy atom. The van der Waals surface area contributed by atoms with E-state index in [1.807, 2.05) is 13.8 Å². The molecule has 0 heterocycles. The second kappa shape index (κ2) is 5.29. The van der Waals surface area contributed by atoms with Crippen molar-refractivity contribution in [2.45, 2.75) is 26.3 Å². The van der Waals surface area contributed by atoms with Gasteiger partial charge in [-0.3, -0.25) is 0 Å². The van der Waals surface area contributed by atoms with Crippen LogP contribution >= 0.6 is 11.8 Å². The van der Waals surface area contributed by atoms with Crippen LogP contribution in [0.4, 0.5) is 0 Å². The molecule has 0 aromatic heterocycles. The van der Waals surface area contributed by atoms with E-state index in [-0.39, 0.29) is 5.54 Å². The Morgan fingerprint density at radius 2 is 2.15 bits per heavy atom. The van der Waals surface area contributed by atoms with Crippen molar-refractivity contribution in [2.75, 3.05) is 11.5 Å². The molecule has 0 aromatic carbocycles. The maximum Gasteiger partial charge on any atom is 0.330 e. The molecule has 13 heavy (non-hydrogen) atoms. The van der Waals surface area contributed by atoms with E-state index < -0.39 is 5.97 Å². The Balaban J connectivity index is 3.68. The number of carboxylic acids is 1. The number of hydrogen-bond acceptors (Lipinski definition) is 3. The minimum absolute atomic E-state index is 0.185. The van der Waals surface area contributed by atoms with Gasteiger partial charge in [0.15, 0.2) is 0 Å². The van der Waals surface area contributed by atoms with Crippen LogP contribution in [0.25, 0.3) is 0 Å². The number of thioether (sulfide) groups is 1. The Bertz CT molecular complexity index is 206. The van der Waals surface area contributed by atoms with Crippen molar-refractivity contribution in [1.29, 1.82) is 0 Å². The molecule has 4 heteroatoms. The van der Waals surface area contributed by atoms with Crippen LogP contribution in [0.3, 0.4) is 0 Å². The Morgan fingerprint density at radius 1 is 1.62 bits per heavy atom. The normalized spacial score (nSPS) is 13.1. The van der Waals surface area contributed by atoms with Gasteiger partial charge in [0.1, 0.15) is 0 Å². The lowest BCUT2D eigenvalue weighted by molar-refractivity contribution is -0.132. The van der Waals surface area contributed by atoms with Gasteiger partial charge >= 0.3 is 5.97 Å². The van der Waals surface area contributed by atoms with Crippen molar-refractivity contribution >= 4 is 17.7 Å². The molecule has 0 spiro atoms. The molecule has 0 unspecified atom stereocenters. The summed E-state index contributed by atoms with van der Waals surface area (Å²) in [6, 6.07) is 0. The Labute approximate surface area is 83.4 Å². The largest absolute Gasteiger partial charge is 0.478 e. The molecule has 0 saturated heterocycles. The maximum atomic E-state index is 10.4. The van der Waals surface area contributed by atoms with Crippen LogP contribution in [0.5, 0.6) is 0 Å². The first-order valence-corrected chi connectivity index (χ1v) is 5.25. The van der Waals surface area contributed by atoms with Crippen LogP contribution in [-0.4, -0.2) is 28.1 Å². The van der Waals surface area contributed by atoms with Crippen molar-refractivity contribution in [1.82, 2.24) is 0 Å². The summed E-state index contributed by atoms with van der Waals surface area (Å²) in [5, 5.41) is 8.54. The summed E-state index contributed by atoms with van der Waals surface area (Å²) in [6.07, 6.45) is 1.71. The summed E-state index contributed by atoms with van der Waals surface area (Å²) in [5.74, 6) is 0.683. The molecular formula is C9H17NO2S. The molecule has 3 N–H and O–H groups in total. The van der Waals surface area contributed by atoms with E-state index in [4.69, 9.17) is 10.8 Å². The third-order valence-electron chi connectivity index (χ3n) is 1.32. The molecule has 76 valence electrons. The van der Waals surface area contributed by atoms with Gasteiger partial charge in [0.25, 0.3) is 0 Å². The van der Waals surface area contributed by atoms with Gasteiger partial charge < -0.3 is 10.8 Å². The Kier molecular flexibility index (Phi) is 5.10. The van der Waals surface area contributed by atoms with Gasteiger partial charge in [-0.1, -0.05) is 6.08 Å². The van der Waals surface area contributed by atoms with Crippen LogP contribution in [0.15, 0.2) is 11.6 Å². The molecule has 0 rings (SSSR count). The van der Waals surface area contributed by atoms with Gasteiger partial charge in [-0.15, -0.1) is 0 Å². The molecule has 0 aliphatic carbocycles. The van der Waals surface area contributed by atoms with E-state index in [1.54, 1.807) is 24.8 Å². The van der Waals surface area contributed by atoms with Gasteiger partial charge in [0.05, 0.1) is 0 Å². The average molecular weight is 203 g/mol. The van der Waals surface area contributed by atoms with Gasteiger partial charge in [0, 0.05) is 22.6 Å². The maximum absolute atomic E-state index is 10.4. The fraction of sp³-hybridized carbons (Fsp3) is 0.667. The third kappa shape index (κ3) is 7.87. The van der Waals surface area contributed by atoms with Crippen LogP contribution in [0.1, 0.15) is 20.8 Å². The van der Waals surface area contributed by atoms with E-state index >= 15 is 0 Å². The van der Waals surface area contributed by atoms with Crippen LogP contribution < -0.4 is 5.73 Å². The first-order chi connectivity index (χ1) is 5.83. The van der Waals surface area contributed by atoms with Gasteiger partial charge in [-0.05, 0) is 20.8 Å². The molecule has 3 nitrogen and oxygen atoms in total. The molecule has 0 aromatic rings. The van der Waals surface area contributed by atoms with E-state index in [0.29, 0.717) is 11.3 Å². The summed E-state index contributed by atoms with van der Waals surface area (Å²) in [4.78, 5) is 10.4. The predicted molar refractivity (Wildman–Crippen MR) is 57.0 cm³/mol. The first-order valence-electron chi connectivity index (χ1n) is 4.09. The van der Waals surface area contributed by atoms with E-state index in [9.17, 15) is 4.79 Å². The highest BCUT2D eigenvalue weighted by molar-refractivity contribution is 7.99. The molecule has 0 radical (unpaired) electrons. The second-order valence-electron chi connectivity index (χ2n) is 3.70. The van der Waals surface area contributed by atoms with Crippen molar-refractivity contribution in [3.8, 4) is 0 Å². The molecule has 0 bridgehead atoms. The fourth-order valence-electron chi connectivity index (χ4n) is 0.593. The average Bonchev–Trinajstić information content (AvgIpc) is 1.95. The molecule has 0 amide bonds. The highest BCUT2D eigenvalue weighted by Gasteiger charge is 2.09. The lowest BCUT2D eigenvalue weighted by Gasteiger charge is -2.16. The zero-order chi connectivity index (χ0) is 10.5. The molecule has 0 aliphatic rings. The zero-order valence-electron chi connectivity index (χ0n) is 8.33. The molecular weight excluding hydrogens is 186 g/mol. The quantitative estimate of drug-likeness (QED) is 0.525. The standard InChI is InChI=1S/C9H17NO2S/c1-7(8(11)12)4-5-13-6-9(2,3)10/h4H,5-6,10H2,1-3H3,(H,11,12). The smallest absolute Gasteiger partial charge is 0.330 e. The highest BCUT2D eigenvalue weighted by Crippen LogP contribution is 2.10. The molecule has 0 atom stereocenters. The fourth-order valence-corrected chi connectivity index (χ4v) is 1.61. The van der Waals surface area contributed by atoms with Crippen LogP contribution in [-0.2, 0) is 4.79 Å². The molecule has 0 fully saturated rings. The number of carboxylic acid groups (broad SMARTS) is 1. The topological polar surface area (TPSA) is 63.3 Å². The van der Waals surface area contributed by atoms with Crippen LogP contribution in [0.2, 0.25) is 0 Å². The number of nitrogens with two attached hydrogens (primary N) is 1. The monoisotopic (exact) mass is 203 g/mol. The number of carbonyl (C=O) groups is 1. The van der Waals surface area contributed by atoms with Crippen molar-refractivity contribution in [3.05, 3.63) is 11.6 Å². The zero-order valence-corrected chi connectivity index (χ0v) is 9.15. The molecule has 0 aliphatic heterocycles. The second-order valence-corrected chi connectivity index (χ2v) is 4.73. The highest BCUT2D eigenvalue weighted by atomic mass is 32.2. The lowest BCUT2D eigenvalue weighted by atomic mass is 10.1. The summed E-state index contributed by atoms with van der Waals surface area (Å²) in [7, 11) is 0. The first kappa shape index (κ1) is 12.5. The van der Waals surface area contributed by atoms with E-state index in [0.717, 1.165) is 5.75 Å². The lowest BCUT2D eigenvalue weighted by Crippen LogP contribution is -2.34. The van der Waals surface area contributed by atoms with Crippen molar-refractivity contribution in [3.63, 3.8) is 0 Å². The van der Waals surface area contributed by atoms with Crippen LogP contribution in [0, 0.1) is 0 Å². The van der Waals surface area contributed by atoms with E-state index in [1.165, 1.54) is 0 Å². The summed E-state index contributed by atoms with van der Waals surface area (Å²) in [6.45, 7) is 5.50. The SMILES string of the molecule is CC(=CCSCC(C)(C)N)C(=O)O.